The average Bonchev–Trinajstić information content (AvgIpc) is 2.59. The Kier molecular flexibility index (Phi) is 4.02. The number of para-hydroxylation sites is 2. The quantitative estimate of drug-likeness (QED) is 0.735. The van der Waals surface area contributed by atoms with Gasteiger partial charge in [-0.2, -0.15) is 0 Å². The summed E-state index contributed by atoms with van der Waals surface area (Å²) in [6, 6.07) is 13.8. The first-order chi connectivity index (χ1) is 11.2. The molecule has 0 saturated heterocycles. The number of fused-ring (bicyclic) bond motifs is 1. The number of benzene rings is 2. The van der Waals surface area contributed by atoms with E-state index >= 15 is 0 Å². The third-order valence-corrected chi connectivity index (χ3v) is 3.76. The molecule has 1 heterocycles. The van der Waals surface area contributed by atoms with Crippen LogP contribution in [0.25, 0.3) is 10.9 Å². The van der Waals surface area contributed by atoms with Gasteiger partial charge in [-0.25, -0.2) is 9.97 Å². The van der Waals surface area contributed by atoms with Crippen molar-refractivity contribution in [2.75, 3.05) is 26.2 Å². The maximum Gasteiger partial charge on any atom is 0.184 e. The second kappa shape index (κ2) is 6.12. The minimum Gasteiger partial charge on any atom is -0.493 e. The molecule has 1 aromatic heterocycles. The van der Waals surface area contributed by atoms with Gasteiger partial charge in [0.25, 0.3) is 0 Å². The van der Waals surface area contributed by atoms with Crippen molar-refractivity contribution in [3.8, 4) is 11.5 Å². The van der Waals surface area contributed by atoms with E-state index < -0.39 is 0 Å². The van der Waals surface area contributed by atoms with E-state index in [2.05, 4.69) is 9.97 Å². The predicted octanol–water partition coefficient (Wildman–Crippen LogP) is 3.72. The lowest BCUT2D eigenvalue weighted by atomic mass is 10.2. The van der Waals surface area contributed by atoms with E-state index in [0.717, 1.165) is 28.2 Å². The largest absolute Gasteiger partial charge is 0.493 e. The van der Waals surface area contributed by atoms with Gasteiger partial charge < -0.3 is 14.4 Å². The lowest BCUT2D eigenvalue weighted by Gasteiger charge is -2.23. The smallest absolute Gasteiger partial charge is 0.184 e. The molecule has 0 radical (unpaired) electrons. The van der Waals surface area contributed by atoms with Crippen LogP contribution in [0.4, 0.5) is 11.5 Å². The Balaban J connectivity index is 2.20. The summed E-state index contributed by atoms with van der Waals surface area (Å²) in [5.74, 6) is 2.93. The highest BCUT2D eigenvalue weighted by molar-refractivity contribution is 5.92. The van der Waals surface area contributed by atoms with Crippen molar-refractivity contribution in [3.05, 3.63) is 48.3 Å². The molecule has 0 saturated carbocycles. The molecule has 2 aromatic carbocycles. The molecule has 0 fully saturated rings. The number of ether oxygens (including phenoxy) is 2. The maximum absolute atomic E-state index is 5.54. The van der Waals surface area contributed by atoms with Crippen molar-refractivity contribution in [1.29, 1.82) is 0 Å². The van der Waals surface area contributed by atoms with Crippen LogP contribution in [0.2, 0.25) is 0 Å². The highest BCUT2D eigenvalue weighted by Crippen LogP contribution is 2.40. The Morgan fingerprint density at radius 3 is 2.43 bits per heavy atom. The maximum atomic E-state index is 5.54. The van der Waals surface area contributed by atoms with Gasteiger partial charge in [0.15, 0.2) is 11.5 Å². The highest BCUT2D eigenvalue weighted by atomic mass is 16.5. The molecule has 3 rings (SSSR count). The number of hydrogen-bond donors (Lipinski definition) is 0. The van der Waals surface area contributed by atoms with Crippen molar-refractivity contribution < 1.29 is 9.47 Å². The number of nitrogens with zero attached hydrogens (tertiary/aromatic N) is 3. The summed E-state index contributed by atoms with van der Waals surface area (Å²) in [5.41, 5.74) is 1.80. The Morgan fingerprint density at radius 1 is 0.913 bits per heavy atom. The SMILES string of the molecule is COc1cccc(N(C)c2nc(C)nc3ccccc23)c1OC. The van der Waals surface area contributed by atoms with E-state index in [1.165, 1.54) is 0 Å². The standard InChI is InChI=1S/C18H19N3O2/c1-12-19-14-9-6-5-8-13(14)18(20-12)21(2)15-10-7-11-16(22-3)17(15)23-4/h5-11H,1-4H3. The molecule has 0 spiro atoms. The molecule has 0 aliphatic heterocycles. The lowest BCUT2D eigenvalue weighted by Crippen LogP contribution is -2.14. The molecule has 23 heavy (non-hydrogen) atoms. The van der Waals surface area contributed by atoms with Crippen LogP contribution >= 0.6 is 0 Å². The fourth-order valence-electron chi connectivity index (χ4n) is 2.68. The van der Waals surface area contributed by atoms with E-state index in [-0.39, 0.29) is 0 Å². The lowest BCUT2D eigenvalue weighted by molar-refractivity contribution is 0.355. The molecule has 0 amide bonds. The number of rotatable bonds is 4. The molecule has 0 bridgehead atoms. The Labute approximate surface area is 135 Å². The first-order valence-corrected chi connectivity index (χ1v) is 7.33. The van der Waals surface area contributed by atoms with Gasteiger partial charge in [-0.05, 0) is 31.2 Å². The van der Waals surface area contributed by atoms with Crippen LogP contribution in [0.3, 0.4) is 0 Å². The van der Waals surface area contributed by atoms with Crippen LogP contribution in [0.5, 0.6) is 11.5 Å². The minimum absolute atomic E-state index is 0.679. The van der Waals surface area contributed by atoms with E-state index in [4.69, 9.17) is 9.47 Å². The van der Waals surface area contributed by atoms with Crippen LogP contribution < -0.4 is 14.4 Å². The van der Waals surface area contributed by atoms with Gasteiger partial charge in [-0.3, -0.25) is 0 Å². The third-order valence-electron chi connectivity index (χ3n) is 3.76. The second-order valence-electron chi connectivity index (χ2n) is 5.18. The van der Waals surface area contributed by atoms with Crippen LogP contribution in [-0.4, -0.2) is 31.2 Å². The molecular weight excluding hydrogens is 290 g/mol. The first kappa shape index (κ1) is 15.1. The highest BCUT2D eigenvalue weighted by Gasteiger charge is 2.17. The summed E-state index contributed by atoms with van der Waals surface area (Å²) >= 11 is 0. The predicted molar refractivity (Wildman–Crippen MR) is 91.9 cm³/mol. The molecule has 0 unspecified atom stereocenters. The normalized spacial score (nSPS) is 10.6. The minimum atomic E-state index is 0.679. The fourth-order valence-corrected chi connectivity index (χ4v) is 2.68. The van der Waals surface area contributed by atoms with Gasteiger partial charge in [0.1, 0.15) is 11.6 Å². The summed E-state index contributed by atoms with van der Waals surface area (Å²) < 4.78 is 10.9. The molecular formula is C18H19N3O2. The molecule has 3 aromatic rings. The van der Waals surface area contributed by atoms with Gasteiger partial charge in [-0.15, -0.1) is 0 Å². The van der Waals surface area contributed by atoms with Gasteiger partial charge in [0.05, 0.1) is 25.4 Å². The first-order valence-electron chi connectivity index (χ1n) is 7.33. The monoisotopic (exact) mass is 309 g/mol. The second-order valence-corrected chi connectivity index (χ2v) is 5.18. The number of hydrogen-bond acceptors (Lipinski definition) is 5. The number of methoxy groups -OCH3 is 2. The van der Waals surface area contributed by atoms with E-state index in [1.54, 1.807) is 14.2 Å². The summed E-state index contributed by atoms with van der Waals surface area (Å²) in [6.45, 7) is 1.90. The molecule has 0 aliphatic rings. The van der Waals surface area contributed by atoms with E-state index in [1.807, 2.05) is 61.3 Å². The number of aromatic nitrogens is 2. The number of aryl methyl sites for hydroxylation is 1. The molecule has 5 nitrogen and oxygen atoms in total. The van der Waals surface area contributed by atoms with Gasteiger partial charge in [0, 0.05) is 12.4 Å². The Morgan fingerprint density at radius 2 is 1.70 bits per heavy atom. The zero-order valence-corrected chi connectivity index (χ0v) is 13.7. The summed E-state index contributed by atoms with van der Waals surface area (Å²) in [4.78, 5) is 11.1. The Bertz CT molecular complexity index is 849. The van der Waals surface area contributed by atoms with Gasteiger partial charge in [0.2, 0.25) is 0 Å². The number of anilines is 2. The topological polar surface area (TPSA) is 47.5 Å². The summed E-state index contributed by atoms with van der Waals surface area (Å²) in [6.07, 6.45) is 0. The van der Waals surface area contributed by atoms with Gasteiger partial charge in [-0.1, -0.05) is 18.2 Å². The molecule has 118 valence electrons. The fraction of sp³-hybridized carbons (Fsp3) is 0.222. The van der Waals surface area contributed by atoms with Gasteiger partial charge >= 0.3 is 0 Å². The van der Waals surface area contributed by atoms with E-state index in [9.17, 15) is 0 Å². The Hall–Kier alpha value is -2.82. The van der Waals surface area contributed by atoms with Crippen molar-refractivity contribution in [2.24, 2.45) is 0 Å². The average molecular weight is 309 g/mol. The van der Waals surface area contributed by atoms with Crippen molar-refractivity contribution in [3.63, 3.8) is 0 Å². The molecule has 5 heteroatoms. The third kappa shape index (κ3) is 2.65. The molecule has 0 N–H and O–H groups in total. The van der Waals surface area contributed by atoms with Crippen molar-refractivity contribution in [2.45, 2.75) is 6.92 Å². The zero-order chi connectivity index (χ0) is 16.4. The van der Waals surface area contributed by atoms with Crippen molar-refractivity contribution in [1.82, 2.24) is 9.97 Å². The van der Waals surface area contributed by atoms with Crippen LogP contribution in [0.1, 0.15) is 5.82 Å². The molecule has 0 atom stereocenters. The zero-order valence-electron chi connectivity index (χ0n) is 13.7. The van der Waals surface area contributed by atoms with Crippen LogP contribution in [0, 0.1) is 6.92 Å². The van der Waals surface area contributed by atoms with Crippen molar-refractivity contribution >= 4 is 22.4 Å². The van der Waals surface area contributed by atoms with Crippen LogP contribution in [-0.2, 0) is 0 Å². The summed E-state index contributed by atoms with van der Waals surface area (Å²) in [7, 11) is 5.23. The van der Waals surface area contributed by atoms with Crippen LogP contribution in [0.15, 0.2) is 42.5 Å². The van der Waals surface area contributed by atoms with E-state index in [0.29, 0.717) is 11.5 Å². The summed E-state index contributed by atoms with van der Waals surface area (Å²) in [5, 5.41) is 0.991. The molecule has 0 aliphatic carbocycles.